The maximum Gasteiger partial charge on any atom is 0.190 e. The number of Topliss-reactive ketones (excluding diaryl/α,β-unsaturated/α-hetero) is 2. The Labute approximate surface area is 222 Å². The lowest BCUT2D eigenvalue weighted by atomic mass is 9.44. The summed E-state index contributed by atoms with van der Waals surface area (Å²) < 4.78 is 0. The van der Waals surface area contributed by atoms with Crippen LogP contribution in [0, 0.1) is 34.5 Å². The van der Waals surface area contributed by atoms with Crippen LogP contribution in [0.2, 0.25) is 0 Å². The predicted octanol–water partition coefficient (Wildman–Crippen LogP) is 3.53. The molecule has 8 atom stereocenters. The van der Waals surface area contributed by atoms with Crippen LogP contribution in [0.1, 0.15) is 97.3 Å². The Kier molecular flexibility index (Phi) is 7.62. The summed E-state index contributed by atoms with van der Waals surface area (Å²) in [5.41, 5.74) is -2.40. The molecule has 1 saturated heterocycles. The zero-order valence-electron chi connectivity index (χ0n) is 23.0. The molecule has 208 valence electrons. The molecule has 0 aromatic heterocycles. The van der Waals surface area contributed by atoms with Gasteiger partial charge in [-0.25, -0.2) is 0 Å². The Hall–Kier alpha value is -1.31. The van der Waals surface area contributed by atoms with Crippen LogP contribution in [0.25, 0.3) is 0 Å². The van der Waals surface area contributed by atoms with Crippen LogP contribution in [0.5, 0.6) is 0 Å². The number of hydrogen-bond acceptors (Lipinski definition) is 7. The van der Waals surface area contributed by atoms with E-state index in [9.17, 15) is 24.9 Å². The first kappa shape index (κ1) is 27.3. The number of aliphatic hydroxyl groups excluding tert-OH is 2. The number of aliphatic imine (C=N–C) groups is 1. The lowest BCUT2D eigenvalue weighted by Gasteiger charge is -2.60. The maximum absolute atomic E-state index is 13.4. The van der Waals surface area contributed by atoms with Gasteiger partial charge in [-0.1, -0.05) is 20.3 Å². The first-order valence-electron chi connectivity index (χ1n) is 15.0. The smallest absolute Gasteiger partial charge is 0.190 e. The van der Waals surface area contributed by atoms with Gasteiger partial charge in [0, 0.05) is 43.8 Å². The predicted molar refractivity (Wildman–Crippen MR) is 142 cm³/mol. The van der Waals surface area contributed by atoms with E-state index in [1.165, 1.54) is 51.0 Å². The van der Waals surface area contributed by atoms with E-state index < -0.39 is 23.4 Å². The van der Waals surface area contributed by atoms with Crippen LogP contribution in [0.15, 0.2) is 4.99 Å². The molecule has 3 N–H and O–H groups in total. The molecule has 6 rings (SSSR count). The summed E-state index contributed by atoms with van der Waals surface area (Å²) in [7, 11) is 0. The fourth-order valence-electron chi connectivity index (χ4n) is 9.58. The van der Waals surface area contributed by atoms with E-state index in [1.807, 2.05) is 6.92 Å². The number of carbonyl (C=O) groups excluding carboxylic acids is 2. The van der Waals surface area contributed by atoms with E-state index in [1.54, 1.807) is 0 Å². The van der Waals surface area contributed by atoms with Gasteiger partial charge in [-0.05, 0) is 87.4 Å². The quantitative estimate of drug-likeness (QED) is 0.518. The molecule has 0 radical (unpaired) electrons. The first-order valence-corrected chi connectivity index (χ1v) is 15.0. The van der Waals surface area contributed by atoms with Gasteiger partial charge in [0.2, 0.25) is 0 Å². The Morgan fingerprint density at radius 1 is 1.05 bits per heavy atom. The second kappa shape index (κ2) is 10.3. The third kappa shape index (κ3) is 4.51. The average Bonchev–Trinajstić information content (AvgIpc) is 3.02. The molecule has 7 nitrogen and oxygen atoms in total. The minimum atomic E-state index is -1.58. The number of carbonyl (C=O) groups is 2. The van der Waals surface area contributed by atoms with Gasteiger partial charge < -0.3 is 20.2 Å². The highest BCUT2D eigenvalue weighted by Crippen LogP contribution is 2.67. The van der Waals surface area contributed by atoms with Gasteiger partial charge in [-0.2, -0.15) is 0 Å². The Morgan fingerprint density at radius 2 is 1.84 bits per heavy atom. The molecule has 0 spiro atoms. The number of hydrogen-bond donors (Lipinski definition) is 3. The van der Waals surface area contributed by atoms with Crippen LogP contribution < -0.4 is 0 Å². The van der Waals surface area contributed by atoms with Crippen molar-refractivity contribution in [2.75, 3.05) is 26.2 Å². The van der Waals surface area contributed by atoms with Crippen molar-refractivity contribution in [3.8, 4) is 0 Å². The minimum absolute atomic E-state index is 0.0154. The molecule has 0 aromatic carbocycles. The van der Waals surface area contributed by atoms with Gasteiger partial charge >= 0.3 is 0 Å². The third-order valence-electron chi connectivity index (χ3n) is 11.7. The van der Waals surface area contributed by atoms with Crippen LogP contribution in [-0.2, 0) is 9.59 Å². The van der Waals surface area contributed by atoms with Crippen molar-refractivity contribution >= 4 is 17.4 Å². The molecule has 5 fully saturated rings. The molecule has 2 aliphatic heterocycles. The normalized spacial score (nSPS) is 45.2. The topological polar surface area (TPSA) is 110 Å². The van der Waals surface area contributed by atoms with Crippen LogP contribution >= 0.6 is 0 Å². The van der Waals surface area contributed by atoms with E-state index in [-0.39, 0.29) is 41.5 Å². The van der Waals surface area contributed by atoms with Crippen molar-refractivity contribution in [2.24, 2.45) is 39.5 Å². The SMILES string of the molecule is C1CCC2=NCCCN2CC1.C[C@]12CC[C@@H](O)C[C@H]1CC[C@@H]1[C@@H]2C(=O)C[C@@]2(C)[C@H]1CC[C@]2(O)C(=O)CO. The number of amidine groups is 1. The average molecular weight is 517 g/mol. The van der Waals surface area contributed by atoms with Crippen LogP contribution in [0.3, 0.4) is 0 Å². The lowest BCUT2D eigenvalue weighted by Crippen LogP contribution is -2.62. The number of ketones is 2. The highest BCUT2D eigenvalue weighted by atomic mass is 16.3. The third-order valence-corrected chi connectivity index (χ3v) is 11.7. The van der Waals surface area contributed by atoms with Crippen molar-refractivity contribution in [1.82, 2.24) is 4.90 Å². The number of nitrogens with zero attached hydrogens (tertiary/aromatic N) is 2. The van der Waals surface area contributed by atoms with Crippen molar-refractivity contribution < 1.29 is 24.9 Å². The zero-order chi connectivity index (χ0) is 26.4. The molecule has 37 heavy (non-hydrogen) atoms. The summed E-state index contributed by atoms with van der Waals surface area (Å²) in [6, 6.07) is 0. The van der Waals surface area contributed by atoms with Gasteiger partial charge in [-0.15, -0.1) is 0 Å². The first-order chi connectivity index (χ1) is 17.6. The van der Waals surface area contributed by atoms with E-state index >= 15 is 0 Å². The van der Waals surface area contributed by atoms with Crippen molar-refractivity contribution in [3.63, 3.8) is 0 Å². The Balaban J connectivity index is 0.000000212. The highest BCUT2D eigenvalue weighted by Gasteiger charge is 2.68. The van der Waals surface area contributed by atoms with Crippen LogP contribution in [-0.4, -0.2) is 75.6 Å². The van der Waals surface area contributed by atoms with Crippen molar-refractivity contribution in [1.29, 1.82) is 0 Å². The lowest BCUT2D eigenvalue weighted by molar-refractivity contribution is -0.180. The fraction of sp³-hybridized carbons (Fsp3) is 0.900. The summed E-state index contributed by atoms with van der Waals surface area (Å²) in [5, 5.41) is 30.6. The number of aliphatic hydroxyl groups is 3. The minimum Gasteiger partial charge on any atom is -0.393 e. The van der Waals surface area contributed by atoms with Gasteiger partial charge in [0.15, 0.2) is 5.78 Å². The molecule has 2 heterocycles. The molecule has 6 aliphatic rings. The second-order valence-corrected chi connectivity index (χ2v) is 13.4. The maximum atomic E-state index is 13.4. The van der Waals surface area contributed by atoms with E-state index in [4.69, 9.17) is 0 Å². The second-order valence-electron chi connectivity index (χ2n) is 13.4. The van der Waals surface area contributed by atoms with E-state index in [0.717, 1.165) is 45.1 Å². The molecular weight excluding hydrogens is 468 g/mol. The number of fused-ring (bicyclic) bond motifs is 6. The van der Waals surface area contributed by atoms with Crippen LogP contribution in [0.4, 0.5) is 0 Å². The molecule has 0 amide bonds. The molecule has 0 bridgehead atoms. The molecule has 0 aromatic rings. The Bertz CT molecular complexity index is 922. The fourth-order valence-corrected chi connectivity index (χ4v) is 9.58. The summed E-state index contributed by atoms with van der Waals surface area (Å²) in [6.07, 6.45) is 12.1. The van der Waals surface area contributed by atoms with E-state index in [0.29, 0.717) is 12.3 Å². The highest BCUT2D eigenvalue weighted by molar-refractivity contribution is 5.92. The molecule has 7 heteroatoms. The Morgan fingerprint density at radius 3 is 2.62 bits per heavy atom. The summed E-state index contributed by atoms with van der Waals surface area (Å²) in [4.78, 5) is 32.8. The van der Waals surface area contributed by atoms with Gasteiger partial charge in [0.1, 0.15) is 18.0 Å². The van der Waals surface area contributed by atoms with Crippen molar-refractivity contribution in [3.05, 3.63) is 0 Å². The molecular formula is C30H48N2O5. The number of rotatable bonds is 2. The largest absolute Gasteiger partial charge is 0.393 e. The standard InChI is InChI=1S/C21H32O5.C9H16N2/c1-19-7-5-13(23)9-12(19)3-4-14-15-6-8-21(26,17(25)11-22)20(15,2)10-16(24)18(14)19;1-2-5-9-10-6-4-8-11(9)7-3-1/h12-15,18,22-23,26H,3-11H2,1-2H3;1-8H2/t12-,13-,14+,15+,18-,19+,20+,21+;/m1./s1. The van der Waals surface area contributed by atoms with Crippen molar-refractivity contribution in [2.45, 2.75) is 109 Å². The summed E-state index contributed by atoms with van der Waals surface area (Å²) in [5.74, 6) is 1.78. The van der Waals surface area contributed by atoms with Gasteiger partial charge in [0.25, 0.3) is 0 Å². The monoisotopic (exact) mass is 516 g/mol. The molecule has 4 saturated carbocycles. The zero-order valence-corrected chi connectivity index (χ0v) is 23.0. The van der Waals surface area contributed by atoms with E-state index in [2.05, 4.69) is 16.8 Å². The molecule has 0 unspecified atom stereocenters. The molecule has 4 aliphatic carbocycles. The summed E-state index contributed by atoms with van der Waals surface area (Å²) in [6.45, 7) is 7.06. The van der Waals surface area contributed by atoms with Gasteiger partial charge in [-0.3, -0.25) is 14.6 Å². The van der Waals surface area contributed by atoms with Gasteiger partial charge in [0.05, 0.1) is 11.9 Å². The summed E-state index contributed by atoms with van der Waals surface area (Å²) >= 11 is 0.